The summed E-state index contributed by atoms with van der Waals surface area (Å²) in [5.74, 6) is 1.03. The normalized spacial score (nSPS) is 11.8. The Hall–Kier alpha value is -3.69. The summed E-state index contributed by atoms with van der Waals surface area (Å²) in [5, 5.41) is 13.7. The number of aromatic nitrogens is 2. The van der Waals surface area contributed by atoms with Gasteiger partial charge in [-0.3, -0.25) is 5.21 Å². The summed E-state index contributed by atoms with van der Waals surface area (Å²) >= 11 is 13.7. The highest BCUT2D eigenvalue weighted by atomic mass is 35.5. The molecule has 0 fully saturated rings. The first kappa shape index (κ1) is 30.3. The molecular weight excluding hydrogens is 617 g/mol. The van der Waals surface area contributed by atoms with E-state index in [1.165, 1.54) is 38.9 Å². The van der Waals surface area contributed by atoms with E-state index in [9.17, 15) is 8.42 Å². The van der Waals surface area contributed by atoms with Gasteiger partial charge in [0, 0.05) is 21.2 Å². The van der Waals surface area contributed by atoms with Crippen LogP contribution in [0, 0.1) is 0 Å². The third kappa shape index (κ3) is 6.80. The van der Waals surface area contributed by atoms with E-state index >= 15 is 0 Å². The summed E-state index contributed by atoms with van der Waals surface area (Å²) in [6, 6.07) is 12.9. The minimum Gasteiger partial charge on any atom is -0.493 e. The number of hydroxylamine groups is 1. The van der Waals surface area contributed by atoms with E-state index in [0.29, 0.717) is 27.8 Å². The Morgan fingerprint density at radius 1 is 1.07 bits per heavy atom. The molecule has 41 heavy (non-hydrogen) atoms. The molecule has 0 radical (unpaired) electrons. The number of nitrogens with zero attached hydrogens (tertiary/aromatic N) is 3. The fourth-order valence-electron chi connectivity index (χ4n) is 3.64. The molecule has 0 bridgehead atoms. The first-order valence-corrected chi connectivity index (χ1v) is 14.6. The molecule has 0 aliphatic rings. The minimum absolute atomic E-state index is 0.0326. The Morgan fingerprint density at radius 2 is 1.73 bits per heavy atom. The van der Waals surface area contributed by atoms with E-state index < -0.39 is 16.0 Å². The molecule has 0 spiro atoms. The molecule has 0 aliphatic carbocycles. The second-order valence-corrected chi connectivity index (χ2v) is 11.5. The Labute approximate surface area is 249 Å². The van der Waals surface area contributed by atoms with Gasteiger partial charge in [-0.15, -0.1) is 16.2 Å². The zero-order valence-corrected chi connectivity index (χ0v) is 24.9. The molecule has 0 aliphatic heterocycles. The maximum Gasteiger partial charge on any atom is 0.286 e. The van der Waals surface area contributed by atoms with Crippen molar-refractivity contribution in [3.8, 4) is 40.1 Å². The predicted molar refractivity (Wildman–Crippen MR) is 155 cm³/mol. The van der Waals surface area contributed by atoms with Gasteiger partial charge in [-0.2, -0.15) is 13.4 Å². The monoisotopic (exact) mass is 639 g/mol. The van der Waals surface area contributed by atoms with Crippen LogP contribution in [-0.4, -0.2) is 51.1 Å². The van der Waals surface area contributed by atoms with E-state index in [1.54, 1.807) is 36.4 Å². The van der Waals surface area contributed by atoms with E-state index in [4.69, 9.17) is 52.9 Å². The van der Waals surface area contributed by atoms with Crippen molar-refractivity contribution in [2.24, 2.45) is 10.1 Å². The van der Waals surface area contributed by atoms with Crippen molar-refractivity contribution in [3.63, 3.8) is 0 Å². The number of hydrogen-bond acceptors (Lipinski definition) is 10. The van der Waals surface area contributed by atoms with Gasteiger partial charge in [0.2, 0.25) is 17.5 Å². The molecular formula is C25H23Cl2N5O7S2. The summed E-state index contributed by atoms with van der Waals surface area (Å²) in [5.41, 5.74) is 8.46. The van der Waals surface area contributed by atoms with Gasteiger partial charge in [-0.05, 0) is 54.1 Å². The van der Waals surface area contributed by atoms with Gasteiger partial charge in [0.05, 0.1) is 31.9 Å². The maximum atomic E-state index is 13.3. The second kappa shape index (κ2) is 12.9. The van der Waals surface area contributed by atoms with Gasteiger partial charge in [-0.25, -0.2) is 5.48 Å². The summed E-state index contributed by atoms with van der Waals surface area (Å²) in [6.45, 7) is 0. The number of nitrogens with one attached hydrogen (secondary N) is 1. The first-order valence-electron chi connectivity index (χ1n) is 11.5. The lowest BCUT2D eigenvalue weighted by atomic mass is 10.2. The van der Waals surface area contributed by atoms with Crippen LogP contribution in [0.2, 0.25) is 10.0 Å². The van der Waals surface area contributed by atoms with Crippen LogP contribution in [0.3, 0.4) is 0 Å². The van der Waals surface area contributed by atoms with Crippen molar-refractivity contribution in [3.05, 3.63) is 64.1 Å². The summed E-state index contributed by atoms with van der Waals surface area (Å²) in [6.07, 6.45) is 0. The van der Waals surface area contributed by atoms with E-state index in [1.807, 2.05) is 0 Å². The van der Waals surface area contributed by atoms with Crippen LogP contribution >= 0.6 is 35.0 Å². The molecule has 0 saturated heterocycles. The quantitative estimate of drug-likeness (QED) is 0.0917. The predicted octanol–water partition coefficient (Wildman–Crippen LogP) is 5.01. The molecule has 3 aromatic carbocycles. The largest absolute Gasteiger partial charge is 0.493 e. The van der Waals surface area contributed by atoms with Crippen LogP contribution in [0.1, 0.15) is 5.56 Å². The average Bonchev–Trinajstić information content (AvgIpc) is 3.45. The number of nitrogens with two attached hydrogens (primary N) is 1. The smallest absolute Gasteiger partial charge is 0.286 e. The van der Waals surface area contributed by atoms with Gasteiger partial charge >= 0.3 is 0 Å². The fourth-order valence-corrected chi connectivity index (χ4v) is 6.44. The van der Waals surface area contributed by atoms with Crippen LogP contribution in [0.4, 0.5) is 0 Å². The zero-order chi connectivity index (χ0) is 29.7. The molecule has 4 aromatic rings. The van der Waals surface area contributed by atoms with Gasteiger partial charge < -0.3 is 24.5 Å². The fraction of sp³-hybridized carbons (Fsp3) is 0.160. The van der Waals surface area contributed by atoms with Crippen LogP contribution in [0.5, 0.6) is 17.2 Å². The molecule has 1 aromatic heterocycles. The van der Waals surface area contributed by atoms with Gasteiger partial charge in [0.25, 0.3) is 15.9 Å². The number of methoxy groups -OCH3 is 3. The van der Waals surface area contributed by atoms with Gasteiger partial charge in [-0.1, -0.05) is 28.4 Å². The Morgan fingerprint density at radius 3 is 2.32 bits per heavy atom. The molecule has 1 heterocycles. The summed E-state index contributed by atoms with van der Waals surface area (Å²) in [4.78, 5) is 4.33. The molecule has 0 saturated carbocycles. The number of sulfonamides is 1. The van der Waals surface area contributed by atoms with Gasteiger partial charge in [0.1, 0.15) is 4.90 Å². The average molecular weight is 641 g/mol. The highest BCUT2D eigenvalue weighted by Gasteiger charge is 2.25. The molecule has 0 atom stereocenters. The molecule has 0 amide bonds. The van der Waals surface area contributed by atoms with E-state index in [-0.39, 0.29) is 37.8 Å². The third-order valence-electron chi connectivity index (χ3n) is 5.52. The lowest BCUT2D eigenvalue weighted by Crippen LogP contribution is -2.29. The highest BCUT2D eigenvalue weighted by Crippen LogP contribution is 2.42. The number of guanidine groups is 1. The van der Waals surface area contributed by atoms with Crippen molar-refractivity contribution in [1.29, 1.82) is 0 Å². The Bertz CT molecular complexity index is 1670. The van der Waals surface area contributed by atoms with Crippen molar-refractivity contribution < 1.29 is 32.4 Å². The maximum absolute atomic E-state index is 13.3. The third-order valence-corrected chi connectivity index (χ3v) is 8.67. The molecule has 0 unspecified atom stereocenters. The lowest BCUT2D eigenvalue weighted by Gasteiger charge is -2.15. The SMILES string of the molecule is COc1cc(CSc2cc(Cl)c(-c3nc(-c4ccc(Cl)cc4)no3)cc2S(=O)(=O)/N=C(\N)NO)cc(OC)c1OC. The lowest BCUT2D eigenvalue weighted by molar-refractivity contribution is 0.233. The highest BCUT2D eigenvalue weighted by molar-refractivity contribution is 7.99. The molecule has 4 rings (SSSR count). The standard InChI is InChI=1S/C25H23Cl2N5O7S2/c1-36-18-8-13(9-19(37-2)22(18)38-3)12-40-20-11-17(27)16(10-21(20)41(34,35)32-25(28)30-33)24-29-23(31-39-24)14-4-6-15(26)7-5-14/h4-11,33H,12H2,1-3H3,(H3,28,30,32). The van der Waals surface area contributed by atoms with Gasteiger partial charge in [0.15, 0.2) is 11.5 Å². The first-order chi connectivity index (χ1) is 19.6. The van der Waals surface area contributed by atoms with Crippen molar-refractivity contribution in [2.75, 3.05) is 21.3 Å². The molecule has 12 nitrogen and oxygen atoms in total. The van der Waals surface area contributed by atoms with Crippen LogP contribution in [0.25, 0.3) is 22.8 Å². The van der Waals surface area contributed by atoms with Crippen molar-refractivity contribution in [1.82, 2.24) is 15.6 Å². The Kier molecular flexibility index (Phi) is 9.50. The van der Waals surface area contributed by atoms with Crippen LogP contribution in [-0.2, 0) is 15.8 Å². The number of hydrogen-bond donors (Lipinski definition) is 3. The van der Waals surface area contributed by atoms with E-state index in [2.05, 4.69) is 14.5 Å². The molecule has 216 valence electrons. The molecule has 4 N–H and O–H groups in total. The Balaban J connectivity index is 1.77. The van der Waals surface area contributed by atoms with Crippen LogP contribution < -0.4 is 25.4 Å². The molecule has 16 heteroatoms. The topological polar surface area (TPSA) is 171 Å². The van der Waals surface area contributed by atoms with Crippen molar-refractivity contribution >= 4 is 50.9 Å². The zero-order valence-electron chi connectivity index (χ0n) is 21.7. The summed E-state index contributed by atoms with van der Waals surface area (Å²) in [7, 11) is 0.0195. The number of ether oxygens (including phenoxy) is 3. The number of thioether (sulfide) groups is 1. The second-order valence-electron chi connectivity index (χ2n) is 8.09. The van der Waals surface area contributed by atoms with Crippen LogP contribution in [0.15, 0.2) is 67.2 Å². The minimum atomic E-state index is -4.45. The summed E-state index contributed by atoms with van der Waals surface area (Å²) < 4.78 is 51.5. The number of rotatable bonds is 10. The number of halogens is 2. The van der Waals surface area contributed by atoms with Crippen molar-refractivity contribution in [2.45, 2.75) is 15.5 Å². The number of benzene rings is 3. The van der Waals surface area contributed by atoms with E-state index in [0.717, 1.165) is 17.3 Å².